The lowest BCUT2D eigenvalue weighted by Crippen LogP contribution is -2.45. The Bertz CT molecular complexity index is 121. The normalized spacial score (nSPS) is 18.8. The van der Waals surface area contributed by atoms with E-state index in [0.717, 1.165) is 6.42 Å². The summed E-state index contributed by atoms with van der Waals surface area (Å²) >= 11 is 0. The molecule has 0 amide bonds. The summed E-state index contributed by atoms with van der Waals surface area (Å²) < 4.78 is 12.0. The van der Waals surface area contributed by atoms with Crippen molar-refractivity contribution in [2.24, 2.45) is 11.7 Å². The standard InChI is InChI=1S/C9H20FNO/c1-3-8(2)6-9(11,7-12)4-5-10/h8,12H,3-7,11H2,1-2H3/t8-,9+/m1/s1. The van der Waals surface area contributed by atoms with E-state index in [2.05, 4.69) is 13.8 Å². The second kappa shape index (κ2) is 5.49. The van der Waals surface area contributed by atoms with Gasteiger partial charge in [0.2, 0.25) is 0 Å². The second-order valence-corrected chi connectivity index (χ2v) is 3.68. The first-order valence-electron chi connectivity index (χ1n) is 4.53. The van der Waals surface area contributed by atoms with Crippen molar-refractivity contribution in [3.63, 3.8) is 0 Å². The van der Waals surface area contributed by atoms with Crippen LogP contribution in [0.25, 0.3) is 0 Å². The van der Waals surface area contributed by atoms with E-state index in [9.17, 15) is 4.39 Å². The van der Waals surface area contributed by atoms with Gasteiger partial charge in [-0.05, 0) is 18.8 Å². The maximum atomic E-state index is 12.0. The fourth-order valence-electron chi connectivity index (χ4n) is 1.27. The van der Waals surface area contributed by atoms with Crippen molar-refractivity contribution in [1.82, 2.24) is 0 Å². The van der Waals surface area contributed by atoms with E-state index in [0.29, 0.717) is 12.3 Å². The van der Waals surface area contributed by atoms with Gasteiger partial charge in [-0.15, -0.1) is 0 Å². The highest BCUT2D eigenvalue weighted by Crippen LogP contribution is 2.19. The van der Waals surface area contributed by atoms with E-state index in [1.165, 1.54) is 0 Å². The van der Waals surface area contributed by atoms with E-state index in [1.807, 2.05) is 0 Å². The predicted octanol–water partition coefficient (Wildman–Crippen LogP) is 1.47. The van der Waals surface area contributed by atoms with Crippen LogP contribution in [-0.4, -0.2) is 23.9 Å². The molecule has 0 aliphatic carbocycles. The molecule has 0 fully saturated rings. The van der Waals surface area contributed by atoms with Crippen LogP contribution < -0.4 is 5.73 Å². The van der Waals surface area contributed by atoms with Crippen LogP contribution >= 0.6 is 0 Å². The summed E-state index contributed by atoms with van der Waals surface area (Å²) in [5, 5.41) is 8.97. The molecule has 3 heteroatoms. The quantitative estimate of drug-likeness (QED) is 0.645. The van der Waals surface area contributed by atoms with Crippen molar-refractivity contribution < 1.29 is 9.50 Å². The number of hydrogen-bond donors (Lipinski definition) is 2. The molecule has 0 saturated carbocycles. The summed E-state index contributed by atoms with van der Waals surface area (Å²) in [5.74, 6) is 0.452. The lowest BCUT2D eigenvalue weighted by molar-refractivity contribution is 0.152. The van der Waals surface area contributed by atoms with Gasteiger partial charge in [-0.3, -0.25) is 4.39 Å². The average Bonchev–Trinajstić information content (AvgIpc) is 2.05. The Morgan fingerprint density at radius 1 is 1.58 bits per heavy atom. The summed E-state index contributed by atoms with van der Waals surface area (Å²) in [6.07, 6.45) is 1.98. The highest BCUT2D eigenvalue weighted by atomic mass is 19.1. The first-order valence-corrected chi connectivity index (χ1v) is 4.53. The summed E-state index contributed by atoms with van der Waals surface area (Å²) in [6.45, 7) is 3.56. The summed E-state index contributed by atoms with van der Waals surface area (Å²) in [5.41, 5.74) is 5.09. The van der Waals surface area contributed by atoms with Crippen LogP contribution in [0.3, 0.4) is 0 Å². The van der Waals surface area contributed by atoms with Gasteiger partial charge in [-0.25, -0.2) is 0 Å². The van der Waals surface area contributed by atoms with Crippen molar-refractivity contribution in [1.29, 1.82) is 0 Å². The smallest absolute Gasteiger partial charge is 0.0912 e. The minimum Gasteiger partial charge on any atom is -0.394 e. The average molecular weight is 177 g/mol. The third-order valence-corrected chi connectivity index (χ3v) is 2.36. The summed E-state index contributed by atoms with van der Waals surface area (Å²) in [7, 11) is 0. The van der Waals surface area contributed by atoms with Crippen molar-refractivity contribution in [3.05, 3.63) is 0 Å². The second-order valence-electron chi connectivity index (χ2n) is 3.68. The van der Waals surface area contributed by atoms with Crippen molar-refractivity contribution >= 4 is 0 Å². The van der Waals surface area contributed by atoms with Gasteiger partial charge in [0.05, 0.1) is 13.3 Å². The fraction of sp³-hybridized carbons (Fsp3) is 1.00. The molecule has 0 spiro atoms. The molecule has 0 heterocycles. The molecule has 0 radical (unpaired) electrons. The van der Waals surface area contributed by atoms with Crippen LogP contribution in [0.4, 0.5) is 4.39 Å². The third-order valence-electron chi connectivity index (χ3n) is 2.36. The zero-order valence-electron chi connectivity index (χ0n) is 8.02. The van der Waals surface area contributed by atoms with Crippen molar-refractivity contribution in [2.45, 2.75) is 38.6 Å². The number of rotatable bonds is 6. The number of nitrogens with two attached hydrogens (primary N) is 1. The molecule has 74 valence electrons. The third kappa shape index (κ3) is 4.02. The SMILES string of the molecule is CC[C@@H](C)C[C@](N)(CO)CCF. The van der Waals surface area contributed by atoms with Crippen LogP contribution in [-0.2, 0) is 0 Å². The zero-order chi connectivity index (χ0) is 9.61. The van der Waals surface area contributed by atoms with Crippen LogP contribution in [0.5, 0.6) is 0 Å². The molecular weight excluding hydrogens is 157 g/mol. The van der Waals surface area contributed by atoms with Gasteiger partial charge in [-0.1, -0.05) is 20.3 Å². The molecule has 0 aromatic rings. The van der Waals surface area contributed by atoms with Gasteiger partial charge < -0.3 is 10.8 Å². The molecule has 0 aromatic heterocycles. The molecule has 0 aliphatic heterocycles. The van der Waals surface area contributed by atoms with Gasteiger partial charge in [0.1, 0.15) is 0 Å². The molecule has 2 atom stereocenters. The van der Waals surface area contributed by atoms with Crippen LogP contribution in [0.2, 0.25) is 0 Å². The molecule has 0 unspecified atom stereocenters. The highest BCUT2D eigenvalue weighted by molar-refractivity contribution is 4.84. The number of aliphatic hydroxyl groups is 1. The van der Waals surface area contributed by atoms with E-state index in [4.69, 9.17) is 10.8 Å². The zero-order valence-corrected chi connectivity index (χ0v) is 8.02. The Labute approximate surface area is 74.0 Å². The Kier molecular flexibility index (Phi) is 5.42. The Balaban J connectivity index is 3.94. The predicted molar refractivity (Wildman–Crippen MR) is 48.7 cm³/mol. The number of alkyl halides is 1. The number of hydrogen-bond acceptors (Lipinski definition) is 2. The van der Waals surface area contributed by atoms with Gasteiger partial charge in [0, 0.05) is 5.54 Å². The topological polar surface area (TPSA) is 46.2 Å². The van der Waals surface area contributed by atoms with Gasteiger partial charge in [0.15, 0.2) is 0 Å². The van der Waals surface area contributed by atoms with Gasteiger partial charge >= 0.3 is 0 Å². The summed E-state index contributed by atoms with van der Waals surface area (Å²) in [4.78, 5) is 0. The van der Waals surface area contributed by atoms with Gasteiger partial charge in [0.25, 0.3) is 0 Å². The molecule has 0 bridgehead atoms. The first-order chi connectivity index (χ1) is 5.58. The number of aliphatic hydroxyl groups excluding tert-OH is 1. The largest absolute Gasteiger partial charge is 0.394 e. The molecule has 0 aliphatic rings. The van der Waals surface area contributed by atoms with E-state index in [-0.39, 0.29) is 13.0 Å². The molecular formula is C9H20FNO. The molecule has 12 heavy (non-hydrogen) atoms. The minimum atomic E-state index is -0.704. The van der Waals surface area contributed by atoms with Crippen molar-refractivity contribution in [3.8, 4) is 0 Å². The number of halogens is 1. The minimum absolute atomic E-state index is 0.124. The summed E-state index contributed by atoms with van der Waals surface area (Å²) in [6, 6.07) is 0. The molecule has 0 saturated heterocycles. The molecule has 0 rings (SSSR count). The van der Waals surface area contributed by atoms with E-state index in [1.54, 1.807) is 0 Å². The first kappa shape index (κ1) is 11.8. The molecule has 3 N–H and O–H groups in total. The highest BCUT2D eigenvalue weighted by Gasteiger charge is 2.25. The van der Waals surface area contributed by atoms with Crippen LogP contribution in [0.15, 0.2) is 0 Å². The van der Waals surface area contributed by atoms with Gasteiger partial charge in [-0.2, -0.15) is 0 Å². The van der Waals surface area contributed by atoms with Crippen LogP contribution in [0, 0.1) is 5.92 Å². The van der Waals surface area contributed by atoms with E-state index < -0.39 is 12.2 Å². The van der Waals surface area contributed by atoms with E-state index >= 15 is 0 Å². The lowest BCUT2D eigenvalue weighted by atomic mass is 9.86. The monoisotopic (exact) mass is 177 g/mol. The van der Waals surface area contributed by atoms with Crippen molar-refractivity contribution in [2.75, 3.05) is 13.3 Å². The fourth-order valence-corrected chi connectivity index (χ4v) is 1.27. The maximum absolute atomic E-state index is 12.0. The Hall–Kier alpha value is -0.150. The molecule has 2 nitrogen and oxygen atoms in total. The molecule has 0 aromatic carbocycles. The Morgan fingerprint density at radius 2 is 2.17 bits per heavy atom. The Morgan fingerprint density at radius 3 is 2.50 bits per heavy atom. The maximum Gasteiger partial charge on any atom is 0.0912 e. The van der Waals surface area contributed by atoms with Crippen LogP contribution in [0.1, 0.15) is 33.1 Å². The lowest BCUT2D eigenvalue weighted by Gasteiger charge is -2.28.